The van der Waals surface area contributed by atoms with Crippen LogP contribution >= 0.6 is 0 Å². The Morgan fingerprint density at radius 1 is 0.259 bits per heavy atom. The highest BCUT2D eigenvalue weighted by atomic mass is 14.3. The SMILES string of the molecule is N#Cc1cccc(-c2cccc(-c3ccc4c5c(cccc35)-c3c-4c(-c4ccc(-c5ccccc5)cc4)c4ccccc4c3-c3ccc(-c4ccccc4)cc3)c2)c1. The Labute approximate surface area is 338 Å². The number of rotatable bonds is 6. The molecule has 0 fully saturated rings. The summed E-state index contributed by atoms with van der Waals surface area (Å²) in [6.45, 7) is 0. The summed E-state index contributed by atoms with van der Waals surface area (Å²) < 4.78 is 0. The minimum Gasteiger partial charge on any atom is -0.192 e. The van der Waals surface area contributed by atoms with E-state index < -0.39 is 0 Å². The van der Waals surface area contributed by atoms with Gasteiger partial charge in [0, 0.05) is 0 Å². The van der Waals surface area contributed by atoms with E-state index in [1.54, 1.807) is 0 Å². The molecule has 0 bridgehead atoms. The predicted molar refractivity (Wildman–Crippen MR) is 243 cm³/mol. The first-order valence-corrected chi connectivity index (χ1v) is 19.8. The molecule has 0 N–H and O–H groups in total. The molecule has 0 unspecified atom stereocenters. The maximum Gasteiger partial charge on any atom is 0.0991 e. The van der Waals surface area contributed by atoms with E-state index >= 15 is 0 Å². The molecule has 0 aliphatic heterocycles. The monoisotopic (exact) mass is 733 g/mol. The molecule has 0 saturated carbocycles. The van der Waals surface area contributed by atoms with Crippen LogP contribution in [0, 0.1) is 11.3 Å². The fourth-order valence-electron chi connectivity index (χ4n) is 9.21. The second-order valence-corrected chi connectivity index (χ2v) is 15.1. The Balaban J connectivity index is 1.17. The van der Waals surface area contributed by atoms with Crippen molar-refractivity contribution in [2.45, 2.75) is 0 Å². The molecule has 1 aliphatic rings. The molecule has 0 saturated heterocycles. The van der Waals surface area contributed by atoms with Crippen LogP contribution in [0.3, 0.4) is 0 Å². The van der Waals surface area contributed by atoms with Crippen LogP contribution in [-0.2, 0) is 0 Å². The lowest BCUT2D eigenvalue weighted by Gasteiger charge is -2.21. The zero-order valence-electron chi connectivity index (χ0n) is 31.7. The summed E-state index contributed by atoms with van der Waals surface area (Å²) in [6, 6.07) is 78.9. The molecule has 10 aromatic carbocycles. The maximum atomic E-state index is 9.61. The van der Waals surface area contributed by atoms with Crippen molar-refractivity contribution in [1.82, 2.24) is 0 Å². The van der Waals surface area contributed by atoms with Crippen molar-refractivity contribution in [2.24, 2.45) is 0 Å². The van der Waals surface area contributed by atoms with Crippen LogP contribution in [0.25, 0.3) is 111 Å². The van der Waals surface area contributed by atoms with Crippen molar-refractivity contribution in [3.63, 3.8) is 0 Å². The molecule has 1 nitrogen and oxygen atoms in total. The van der Waals surface area contributed by atoms with Gasteiger partial charge in [-0.25, -0.2) is 0 Å². The first-order valence-electron chi connectivity index (χ1n) is 19.8. The topological polar surface area (TPSA) is 23.8 Å². The molecule has 1 heteroatoms. The van der Waals surface area contributed by atoms with Crippen LogP contribution in [0.15, 0.2) is 212 Å². The van der Waals surface area contributed by atoms with Crippen molar-refractivity contribution in [2.75, 3.05) is 0 Å². The second kappa shape index (κ2) is 13.7. The molecule has 10 aromatic rings. The van der Waals surface area contributed by atoms with Gasteiger partial charge in [0.15, 0.2) is 0 Å². The van der Waals surface area contributed by atoms with Crippen molar-refractivity contribution >= 4 is 21.5 Å². The number of hydrogen-bond acceptors (Lipinski definition) is 1. The number of nitriles is 1. The van der Waals surface area contributed by atoms with E-state index in [0.717, 1.165) is 16.7 Å². The lowest BCUT2D eigenvalue weighted by atomic mass is 9.82. The molecule has 0 spiro atoms. The van der Waals surface area contributed by atoms with Gasteiger partial charge in [-0.1, -0.05) is 194 Å². The summed E-state index contributed by atoms with van der Waals surface area (Å²) in [5, 5.41) is 14.6. The van der Waals surface area contributed by atoms with E-state index in [1.165, 1.54) is 93.9 Å². The fraction of sp³-hybridized carbons (Fsp3) is 0. The van der Waals surface area contributed by atoms with Gasteiger partial charge < -0.3 is 0 Å². The molecule has 1 aliphatic carbocycles. The second-order valence-electron chi connectivity index (χ2n) is 15.1. The van der Waals surface area contributed by atoms with Gasteiger partial charge in [-0.2, -0.15) is 5.26 Å². The first kappa shape index (κ1) is 33.5. The van der Waals surface area contributed by atoms with E-state index in [0.29, 0.717) is 5.56 Å². The first-order chi connectivity index (χ1) is 28.7. The minimum atomic E-state index is 0.661. The van der Waals surface area contributed by atoms with Gasteiger partial charge in [-0.3, -0.25) is 0 Å². The highest BCUT2D eigenvalue weighted by molar-refractivity contribution is 6.28. The largest absolute Gasteiger partial charge is 0.192 e. The Kier molecular flexibility index (Phi) is 7.95. The summed E-state index contributed by atoms with van der Waals surface area (Å²) in [6.07, 6.45) is 0. The highest BCUT2D eigenvalue weighted by Gasteiger charge is 2.31. The number of hydrogen-bond donors (Lipinski definition) is 0. The Hall–Kier alpha value is -7.79. The molecule has 0 aromatic heterocycles. The van der Waals surface area contributed by atoms with Gasteiger partial charge in [-0.15, -0.1) is 0 Å². The molecule has 0 atom stereocenters. The Bertz CT molecular complexity index is 3110. The summed E-state index contributed by atoms with van der Waals surface area (Å²) in [5.74, 6) is 0. The van der Waals surface area contributed by atoms with Crippen LogP contribution in [0.5, 0.6) is 0 Å². The van der Waals surface area contributed by atoms with Crippen molar-refractivity contribution < 1.29 is 0 Å². The van der Waals surface area contributed by atoms with Gasteiger partial charge in [0.2, 0.25) is 0 Å². The van der Waals surface area contributed by atoms with Gasteiger partial charge >= 0.3 is 0 Å². The lowest BCUT2D eigenvalue weighted by molar-refractivity contribution is 1.48. The number of fused-ring (bicyclic) bond motifs is 4. The molecule has 0 amide bonds. The van der Waals surface area contributed by atoms with Crippen LogP contribution in [0.4, 0.5) is 0 Å². The highest BCUT2D eigenvalue weighted by Crippen LogP contribution is 2.58. The smallest absolute Gasteiger partial charge is 0.0991 e. The molecule has 0 heterocycles. The van der Waals surface area contributed by atoms with Crippen molar-refractivity contribution in [3.05, 3.63) is 218 Å². The van der Waals surface area contributed by atoms with Crippen LogP contribution < -0.4 is 0 Å². The maximum absolute atomic E-state index is 9.61. The van der Waals surface area contributed by atoms with E-state index in [9.17, 15) is 5.26 Å². The standard InChI is InChI=1S/C57H35N/c58-36-37-12-9-17-44(34-37)45-18-10-19-46(35-45)47-32-33-52-55-48(47)22-11-23-51(55)56-53(42-28-24-40(25-29-42)38-13-3-1-4-14-38)49-20-7-8-21-50(49)54(57(52)56)43-30-26-41(27-31-43)39-15-5-2-6-16-39/h1-35H. The molecule has 268 valence electrons. The molecular formula is C57H35N. The zero-order chi connectivity index (χ0) is 38.6. The van der Waals surface area contributed by atoms with Gasteiger partial charge in [0.05, 0.1) is 11.6 Å². The lowest BCUT2D eigenvalue weighted by Crippen LogP contribution is -1.94. The Morgan fingerprint density at radius 2 is 0.672 bits per heavy atom. The minimum absolute atomic E-state index is 0.661. The molecule has 0 radical (unpaired) electrons. The summed E-state index contributed by atoms with van der Waals surface area (Å²) in [5.41, 5.74) is 20.0. The van der Waals surface area contributed by atoms with E-state index in [2.05, 4.69) is 200 Å². The number of benzene rings is 10. The average molecular weight is 734 g/mol. The van der Waals surface area contributed by atoms with Crippen LogP contribution in [-0.4, -0.2) is 0 Å². The zero-order valence-corrected chi connectivity index (χ0v) is 31.7. The third-order valence-corrected chi connectivity index (χ3v) is 11.9. The van der Waals surface area contributed by atoms with E-state index in [1.807, 2.05) is 18.2 Å². The summed E-state index contributed by atoms with van der Waals surface area (Å²) in [4.78, 5) is 0. The Morgan fingerprint density at radius 3 is 1.26 bits per heavy atom. The van der Waals surface area contributed by atoms with Crippen molar-refractivity contribution in [1.29, 1.82) is 5.26 Å². The van der Waals surface area contributed by atoms with Gasteiger partial charge in [-0.05, 0) is 129 Å². The third kappa shape index (κ3) is 5.47. The third-order valence-electron chi connectivity index (χ3n) is 11.9. The normalized spacial score (nSPS) is 11.4. The van der Waals surface area contributed by atoms with Crippen LogP contribution in [0.2, 0.25) is 0 Å². The van der Waals surface area contributed by atoms with Crippen molar-refractivity contribution in [3.8, 4) is 95.1 Å². The van der Waals surface area contributed by atoms with Gasteiger partial charge in [0.1, 0.15) is 0 Å². The molecule has 11 rings (SSSR count). The summed E-state index contributed by atoms with van der Waals surface area (Å²) in [7, 11) is 0. The van der Waals surface area contributed by atoms with Gasteiger partial charge in [0.25, 0.3) is 0 Å². The van der Waals surface area contributed by atoms with E-state index in [-0.39, 0.29) is 0 Å². The van der Waals surface area contributed by atoms with E-state index in [4.69, 9.17) is 0 Å². The number of nitrogens with zero attached hydrogens (tertiary/aromatic N) is 1. The molecule has 58 heavy (non-hydrogen) atoms. The predicted octanol–water partition coefficient (Wildman–Crippen LogP) is 15.5. The van der Waals surface area contributed by atoms with Crippen LogP contribution in [0.1, 0.15) is 5.56 Å². The quantitative estimate of drug-likeness (QED) is 0.167. The summed E-state index contributed by atoms with van der Waals surface area (Å²) >= 11 is 0. The fourth-order valence-corrected chi connectivity index (χ4v) is 9.21. The average Bonchev–Trinajstić information content (AvgIpc) is 3.63. The molecular weight excluding hydrogens is 699 g/mol.